The molecular weight excluding hydrogens is 242 g/mol. The quantitative estimate of drug-likeness (QED) is 0.744. The summed E-state index contributed by atoms with van der Waals surface area (Å²) in [7, 11) is 0. The molecule has 1 fully saturated rings. The average molecular weight is 267 g/mol. The average Bonchev–Trinajstić information content (AvgIpc) is 2.76. The van der Waals surface area contributed by atoms with Crippen LogP contribution in [-0.2, 0) is 4.79 Å². The molecule has 1 saturated heterocycles. The topological polar surface area (TPSA) is 76.4 Å². The third-order valence-corrected chi connectivity index (χ3v) is 4.06. The van der Waals surface area contributed by atoms with Gasteiger partial charge in [0.15, 0.2) is 0 Å². The summed E-state index contributed by atoms with van der Waals surface area (Å²) in [6, 6.07) is 2.18. The van der Waals surface area contributed by atoms with Crippen LogP contribution in [0.5, 0.6) is 0 Å². The predicted molar refractivity (Wildman–Crippen MR) is 73.2 cm³/mol. The van der Waals surface area contributed by atoms with Crippen LogP contribution < -0.4 is 5.32 Å². The zero-order valence-electron chi connectivity index (χ0n) is 12.1. The fourth-order valence-corrected chi connectivity index (χ4v) is 2.31. The molecule has 1 rings (SSSR count). The molecule has 0 aromatic rings. The van der Waals surface area contributed by atoms with E-state index in [1.165, 1.54) is 0 Å². The summed E-state index contributed by atoms with van der Waals surface area (Å²) >= 11 is 0. The molecular formula is C14H25N3O2. The van der Waals surface area contributed by atoms with E-state index in [2.05, 4.69) is 16.3 Å². The number of aliphatic hydroxyl groups excluding tert-OH is 1. The Morgan fingerprint density at radius 3 is 2.84 bits per heavy atom. The van der Waals surface area contributed by atoms with Gasteiger partial charge < -0.3 is 10.4 Å². The number of rotatable bonds is 6. The Morgan fingerprint density at radius 2 is 2.32 bits per heavy atom. The first-order valence-electron chi connectivity index (χ1n) is 6.96. The second-order valence-corrected chi connectivity index (χ2v) is 5.92. The van der Waals surface area contributed by atoms with Crippen LogP contribution in [0.3, 0.4) is 0 Å². The fourth-order valence-electron chi connectivity index (χ4n) is 2.31. The highest BCUT2D eigenvalue weighted by Crippen LogP contribution is 2.19. The van der Waals surface area contributed by atoms with E-state index in [0.29, 0.717) is 12.5 Å². The first-order chi connectivity index (χ1) is 8.91. The number of amides is 1. The van der Waals surface area contributed by atoms with Crippen LogP contribution in [0, 0.1) is 23.2 Å². The van der Waals surface area contributed by atoms with Crippen molar-refractivity contribution in [2.75, 3.05) is 26.2 Å². The van der Waals surface area contributed by atoms with E-state index in [1.807, 2.05) is 13.8 Å². The Morgan fingerprint density at radius 1 is 1.63 bits per heavy atom. The third kappa shape index (κ3) is 4.48. The van der Waals surface area contributed by atoms with Crippen LogP contribution in [0.1, 0.15) is 33.6 Å². The molecule has 2 unspecified atom stereocenters. The Labute approximate surface area is 115 Å². The van der Waals surface area contributed by atoms with E-state index in [9.17, 15) is 10.1 Å². The lowest BCUT2D eigenvalue weighted by Gasteiger charge is -2.28. The normalized spacial score (nSPS) is 23.1. The standard InChI is InChI=1S/C14H25N3O2/c1-11(2)14(3,10-15)16-13(19)9-17-6-4-12(8-17)5-7-18/h11-12,18H,4-9H2,1-3H3,(H,16,19). The Bertz CT molecular complexity index is 351. The summed E-state index contributed by atoms with van der Waals surface area (Å²) in [5, 5.41) is 20.9. The van der Waals surface area contributed by atoms with Crippen molar-refractivity contribution >= 4 is 5.91 Å². The van der Waals surface area contributed by atoms with Gasteiger partial charge in [0, 0.05) is 13.2 Å². The van der Waals surface area contributed by atoms with Crippen molar-refractivity contribution in [2.45, 2.75) is 39.2 Å². The summed E-state index contributed by atoms with van der Waals surface area (Å²) in [5.41, 5.74) is -0.804. The number of nitrogens with zero attached hydrogens (tertiary/aromatic N) is 2. The Balaban J connectivity index is 2.42. The Hall–Kier alpha value is -1.12. The van der Waals surface area contributed by atoms with E-state index >= 15 is 0 Å². The molecule has 1 heterocycles. The lowest BCUT2D eigenvalue weighted by molar-refractivity contribution is -0.123. The van der Waals surface area contributed by atoms with Gasteiger partial charge in [-0.25, -0.2) is 0 Å². The van der Waals surface area contributed by atoms with E-state index in [1.54, 1.807) is 6.92 Å². The van der Waals surface area contributed by atoms with Gasteiger partial charge in [0.25, 0.3) is 0 Å². The van der Waals surface area contributed by atoms with Crippen molar-refractivity contribution in [3.05, 3.63) is 0 Å². The van der Waals surface area contributed by atoms with Crippen molar-refractivity contribution in [1.82, 2.24) is 10.2 Å². The van der Waals surface area contributed by atoms with Gasteiger partial charge >= 0.3 is 0 Å². The molecule has 1 amide bonds. The maximum absolute atomic E-state index is 12.0. The summed E-state index contributed by atoms with van der Waals surface area (Å²) in [5.74, 6) is 0.467. The maximum Gasteiger partial charge on any atom is 0.235 e. The van der Waals surface area contributed by atoms with E-state index in [-0.39, 0.29) is 18.4 Å². The van der Waals surface area contributed by atoms with Crippen LogP contribution in [0.15, 0.2) is 0 Å². The molecule has 2 atom stereocenters. The van der Waals surface area contributed by atoms with Crippen molar-refractivity contribution in [3.63, 3.8) is 0 Å². The molecule has 1 aliphatic rings. The van der Waals surface area contributed by atoms with E-state index in [0.717, 1.165) is 25.9 Å². The van der Waals surface area contributed by atoms with Gasteiger partial charge in [0.1, 0.15) is 5.54 Å². The molecule has 0 aromatic carbocycles. The van der Waals surface area contributed by atoms with Crippen LogP contribution in [-0.4, -0.2) is 47.7 Å². The van der Waals surface area contributed by atoms with Gasteiger partial charge in [-0.05, 0) is 38.1 Å². The molecule has 1 aliphatic heterocycles. The molecule has 108 valence electrons. The van der Waals surface area contributed by atoms with Gasteiger partial charge in [-0.2, -0.15) is 5.26 Å². The zero-order chi connectivity index (χ0) is 14.5. The molecule has 0 saturated carbocycles. The number of likely N-dealkylation sites (tertiary alicyclic amines) is 1. The van der Waals surface area contributed by atoms with Crippen molar-refractivity contribution in [3.8, 4) is 6.07 Å². The SMILES string of the molecule is CC(C)C(C)(C#N)NC(=O)CN1CCC(CCO)C1. The van der Waals surface area contributed by atoms with Gasteiger partial charge in [0.2, 0.25) is 5.91 Å². The summed E-state index contributed by atoms with van der Waals surface area (Å²) in [6.07, 6.45) is 1.84. The number of nitrogens with one attached hydrogen (secondary N) is 1. The van der Waals surface area contributed by atoms with Crippen LogP contribution in [0.25, 0.3) is 0 Å². The largest absolute Gasteiger partial charge is 0.396 e. The van der Waals surface area contributed by atoms with Crippen molar-refractivity contribution in [2.24, 2.45) is 11.8 Å². The Kier molecular flexibility index (Phi) is 5.77. The molecule has 0 aliphatic carbocycles. The zero-order valence-corrected chi connectivity index (χ0v) is 12.1. The molecule has 5 heteroatoms. The highest BCUT2D eigenvalue weighted by Gasteiger charge is 2.31. The van der Waals surface area contributed by atoms with Crippen molar-refractivity contribution < 1.29 is 9.90 Å². The lowest BCUT2D eigenvalue weighted by Crippen LogP contribution is -2.51. The minimum absolute atomic E-state index is 0.0714. The lowest BCUT2D eigenvalue weighted by atomic mass is 9.90. The number of hydrogen-bond donors (Lipinski definition) is 2. The van der Waals surface area contributed by atoms with Gasteiger partial charge in [-0.1, -0.05) is 13.8 Å². The maximum atomic E-state index is 12.0. The number of carbonyl (C=O) groups excluding carboxylic acids is 1. The smallest absolute Gasteiger partial charge is 0.235 e. The fraction of sp³-hybridized carbons (Fsp3) is 0.857. The van der Waals surface area contributed by atoms with E-state index in [4.69, 9.17) is 5.11 Å². The minimum Gasteiger partial charge on any atom is -0.396 e. The summed E-state index contributed by atoms with van der Waals surface area (Å²) < 4.78 is 0. The van der Waals surface area contributed by atoms with Gasteiger partial charge in [-0.15, -0.1) is 0 Å². The van der Waals surface area contributed by atoms with Crippen LogP contribution in [0.2, 0.25) is 0 Å². The third-order valence-electron chi connectivity index (χ3n) is 4.06. The monoisotopic (exact) mass is 267 g/mol. The predicted octanol–water partition coefficient (Wildman–Crippen LogP) is 0.745. The molecule has 19 heavy (non-hydrogen) atoms. The number of carbonyl (C=O) groups is 1. The number of aliphatic hydroxyl groups is 1. The minimum atomic E-state index is -0.804. The summed E-state index contributed by atoms with van der Waals surface area (Å²) in [4.78, 5) is 14.1. The van der Waals surface area contributed by atoms with Crippen LogP contribution in [0.4, 0.5) is 0 Å². The molecule has 2 N–H and O–H groups in total. The highest BCUT2D eigenvalue weighted by molar-refractivity contribution is 5.79. The second-order valence-electron chi connectivity index (χ2n) is 5.92. The number of hydrogen-bond acceptors (Lipinski definition) is 4. The molecule has 5 nitrogen and oxygen atoms in total. The molecule has 0 spiro atoms. The van der Waals surface area contributed by atoms with E-state index < -0.39 is 5.54 Å². The van der Waals surface area contributed by atoms with Crippen LogP contribution >= 0.6 is 0 Å². The second kappa shape index (κ2) is 6.88. The highest BCUT2D eigenvalue weighted by atomic mass is 16.3. The van der Waals surface area contributed by atoms with Gasteiger partial charge in [0.05, 0.1) is 12.6 Å². The molecule has 0 aromatic heterocycles. The first kappa shape index (κ1) is 15.9. The first-order valence-corrected chi connectivity index (χ1v) is 6.96. The molecule has 0 radical (unpaired) electrons. The van der Waals surface area contributed by atoms with Crippen molar-refractivity contribution in [1.29, 1.82) is 5.26 Å². The summed E-state index contributed by atoms with van der Waals surface area (Å²) in [6.45, 7) is 7.92. The van der Waals surface area contributed by atoms with Gasteiger partial charge in [-0.3, -0.25) is 9.69 Å². The number of nitriles is 1. The molecule has 0 bridgehead atoms.